The number of rotatable bonds is 2. The summed E-state index contributed by atoms with van der Waals surface area (Å²) in [6.07, 6.45) is 2.49. The molecule has 0 spiro atoms. The van der Waals surface area contributed by atoms with Crippen LogP contribution in [0.15, 0.2) is 54.6 Å². The van der Waals surface area contributed by atoms with Gasteiger partial charge in [0.15, 0.2) is 12.2 Å². The van der Waals surface area contributed by atoms with Crippen molar-refractivity contribution in [2.45, 2.75) is 39.9 Å². The molecule has 0 N–H and O–H groups in total. The Hall–Kier alpha value is -3.66. The van der Waals surface area contributed by atoms with Crippen molar-refractivity contribution < 1.29 is 19.1 Å². The molecule has 4 nitrogen and oxygen atoms in total. The summed E-state index contributed by atoms with van der Waals surface area (Å²) in [7, 11) is 0. The Kier molecular flexibility index (Phi) is 4.74. The van der Waals surface area contributed by atoms with E-state index in [2.05, 4.69) is 56.3 Å². The van der Waals surface area contributed by atoms with E-state index in [9.17, 15) is 9.59 Å². The van der Waals surface area contributed by atoms with Crippen molar-refractivity contribution in [3.05, 3.63) is 76.9 Å². The van der Waals surface area contributed by atoms with Gasteiger partial charge in [-0.05, 0) is 68.9 Å². The van der Waals surface area contributed by atoms with Gasteiger partial charge in [0, 0.05) is 19.4 Å². The molecule has 0 saturated heterocycles. The van der Waals surface area contributed by atoms with Crippen LogP contribution in [-0.2, 0) is 19.1 Å². The molecule has 0 amide bonds. The maximum absolute atomic E-state index is 11.9. The molecule has 1 aliphatic rings. The molecule has 4 aromatic carbocycles. The van der Waals surface area contributed by atoms with Crippen molar-refractivity contribution >= 4 is 50.3 Å². The van der Waals surface area contributed by atoms with E-state index in [0.717, 1.165) is 16.5 Å². The summed E-state index contributed by atoms with van der Waals surface area (Å²) in [6.45, 7) is 7.05. The summed E-state index contributed by atoms with van der Waals surface area (Å²) in [6, 6.07) is 16.9. The third-order valence-electron chi connectivity index (χ3n) is 6.42. The van der Waals surface area contributed by atoms with Crippen molar-refractivity contribution in [1.82, 2.24) is 0 Å². The highest BCUT2D eigenvalue weighted by atomic mass is 16.6. The van der Waals surface area contributed by atoms with Gasteiger partial charge in [0.25, 0.3) is 0 Å². The van der Waals surface area contributed by atoms with Crippen LogP contribution in [-0.4, -0.2) is 18.0 Å². The van der Waals surface area contributed by atoms with Gasteiger partial charge in [-0.3, -0.25) is 9.59 Å². The fourth-order valence-electron chi connectivity index (χ4n) is 5.11. The number of hydrogen-bond acceptors (Lipinski definition) is 4. The Balaban J connectivity index is 1.86. The molecule has 0 bridgehead atoms. The minimum Gasteiger partial charge on any atom is -0.454 e. The van der Waals surface area contributed by atoms with Crippen LogP contribution in [0.2, 0.25) is 0 Å². The minimum absolute atomic E-state index is 0.411. The highest BCUT2D eigenvalue weighted by Crippen LogP contribution is 2.43. The highest BCUT2D eigenvalue weighted by molar-refractivity contribution is 6.17. The zero-order valence-corrected chi connectivity index (χ0v) is 18.6. The van der Waals surface area contributed by atoms with Crippen molar-refractivity contribution in [2.24, 2.45) is 0 Å². The van der Waals surface area contributed by atoms with Gasteiger partial charge in [-0.15, -0.1) is 0 Å². The van der Waals surface area contributed by atoms with Crippen LogP contribution in [0.4, 0.5) is 0 Å². The summed E-state index contributed by atoms with van der Waals surface area (Å²) in [5, 5.41) is 7.21. The number of hydrogen-bond donors (Lipinski definition) is 0. The van der Waals surface area contributed by atoms with E-state index >= 15 is 0 Å². The molecule has 0 saturated carbocycles. The van der Waals surface area contributed by atoms with Gasteiger partial charge in [-0.25, -0.2) is 0 Å². The molecule has 32 heavy (non-hydrogen) atoms. The summed E-state index contributed by atoms with van der Waals surface area (Å²) in [5.41, 5.74) is 4.26. The average molecular weight is 424 g/mol. The first kappa shape index (κ1) is 20.3. The minimum atomic E-state index is -0.677. The quantitative estimate of drug-likeness (QED) is 0.214. The van der Waals surface area contributed by atoms with Gasteiger partial charge in [0.1, 0.15) is 0 Å². The van der Waals surface area contributed by atoms with Crippen molar-refractivity contribution in [1.29, 1.82) is 0 Å². The molecule has 160 valence electrons. The van der Waals surface area contributed by atoms with Gasteiger partial charge < -0.3 is 9.47 Å². The second kappa shape index (κ2) is 7.49. The Bertz CT molecular complexity index is 1460. The van der Waals surface area contributed by atoms with Gasteiger partial charge in [-0.2, -0.15) is 0 Å². The summed E-state index contributed by atoms with van der Waals surface area (Å²) < 4.78 is 11.1. The summed E-state index contributed by atoms with van der Waals surface area (Å²) in [4.78, 5) is 23.5. The van der Waals surface area contributed by atoms with Crippen molar-refractivity contribution in [2.75, 3.05) is 0 Å². The second-order valence-corrected chi connectivity index (χ2v) is 8.41. The molecule has 0 aromatic heterocycles. The third kappa shape index (κ3) is 3.06. The number of esters is 2. The number of carbonyl (C=O) groups excluding carboxylic acids is 2. The van der Waals surface area contributed by atoms with Crippen LogP contribution < -0.4 is 0 Å². The lowest BCUT2D eigenvalue weighted by atomic mass is 9.83. The maximum atomic E-state index is 11.9. The van der Waals surface area contributed by atoms with Gasteiger partial charge >= 0.3 is 11.9 Å². The topological polar surface area (TPSA) is 52.6 Å². The first-order valence-electron chi connectivity index (χ1n) is 10.8. The fraction of sp³-hybridized carbons (Fsp3) is 0.214. The predicted molar refractivity (Wildman–Crippen MR) is 128 cm³/mol. The van der Waals surface area contributed by atoms with Crippen LogP contribution >= 0.6 is 0 Å². The van der Waals surface area contributed by atoms with Crippen molar-refractivity contribution in [3.8, 4) is 0 Å². The summed E-state index contributed by atoms with van der Waals surface area (Å²) in [5.74, 6) is -0.823. The zero-order valence-electron chi connectivity index (χ0n) is 18.6. The van der Waals surface area contributed by atoms with Gasteiger partial charge in [0.2, 0.25) is 0 Å². The third-order valence-corrected chi connectivity index (χ3v) is 6.42. The molecular formula is C28H24O4. The van der Waals surface area contributed by atoms with Crippen LogP contribution in [0.5, 0.6) is 0 Å². The Morgan fingerprint density at radius 1 is 0.750 bits per heavy atom. The average Bonchev–Trinajstić information content (AvgIpc) is 2.77. The number of ether oxygens (including phenoxy) is 2. The first-order valence-corrected chi connectivity index (χ1v) is 10.8. The molecule has 0 heterocycles. The van der Waals surface area contributed by atoms with Crippen LogP contribution in [0.3, 0.4) is 0 Å². The largest absolute Gasteiger partial charge is 0.454 e. The van der Waals surface area contributed by atoms with E-state index in [1.807, 2.05) is 18.2 Å². The highest BCUT2D eigenvalue weighted by Gasteiger charge is 2.32. The van der Waals surface area contributed by atoms with Gasteiger partial charge in [-0.1, -0.05) is 54.6 Å². The van der Waals surface area contributed by atoms with E-state index in [-0.39, 0.29) is 0 Å². The Morgan fingerprint density at radius 2 is 1.44 bits per heavy atom. The number of carbonyl (C=O) groups is 2. The molecule has 2 atom stereocenters. The second-order valence-electron chi connectivity index (χ2n) is 8.41. The van der Waals surface area contributed by atoms with Gasteiger partial charge in [0.05, 0.1) is 0 Å². The molecule has 2 unspecified atom stereocenters. The lowest BCUT2D eigenvalue weighted by molar-refractivity contribution is -0.162. The fourth-order valence-corrected chi connectivity index (χ4v) is 5.11. The van der Waals surface area contributed by atoms with Crippen molar-refractivity contribution in [3.63, 3.8) is 0 Å². The van der Waals surface area contributed by atoms with E-state index in [1.54, 1.807) is 0 Å². The molecule has 0 aliphatic heterocycles. The molecular weight excluding hydrogens is 400 g/mol. The standard InChI is InChI=1S/C28H24O4/c1-15-20-10-9-19-7-5-6-8-22(19)26(20)16(2)27-21(15)11-12-24-23(27)13-14-25(31-17(3)29)28(24)32-18(4)30/h5-14,25,28H,1-4H3. The molecule has 0 fully saturated rings. The van der Waals surface area contributed by atoms with E-state index in [0.29, 0.717) is 0 Å². The molecule has 5 rings (SSSR count). The van der Waals surface area contributed by atoms with Crippen LogP contribution in [0.25, 0.3) is 38.4 Å². The van der Waals surface area contributed by atoms with Crippen LogP contribution in [0, 0.1) is 13.8 Å². The lowest BCUT2D eigenvalue weighted by Gasteiger charge is -2.30. The summed E-state index contributed by atoms with van der Waals surface area (Å²) >= 11 is 0. The number of benzene rings is 4. The molecule has 4 heteroatoms. The zero-order chi connectivity index (χ0) is 22.6. The smallest absolute Gasteiger partial charge is 0.303 e. The number of aryl methyl sites for hydroxylation is 2. The Labute approximate surface area is 186 Å². The predicted octanol–water partition coefficient (Wildman–Crippen LogP) is 6.33. The number of fused-ring (bicyclic) bond motifs is 6. The molecule has 0 radical (unpaired) electrons. The lowest BCUT2D eigenvalue weighted by Crippen LogP contribution is -2.28. The van der Waals surface area contributed by atoms with Crippen LogP contribution in [0.1, 0.15) is 42.2 Å². The molecule has 4 aromatic rings. The van der Waals surface area contributed by atoms with E-state index in [1.165, 1.54) is 51.9 Å². The van der Waals surface area contributed by atoms with E-state index < -0.39 is 24.1 Å². The molecule has 1 aliphatic carbocycles. The van der Waals surface area contributed by atoms with E-state index in [4.69, 9.17) is 9.47 Å². The normalized spacial score (nSPS) is 17.5. The first-order chi connectivity index (χ1) is 15.4. The SMILES string of the molecule is CC(=O)OC1C=Cc2c(ccc3c(C)c4ccc5ccccc5c4c(C)c23)C1OC(C)=O. The maximum Gasteiger partial charge on any atom is 0.303 e. The Morgan fingerprint density at radius 3 is 2.19 bits per heavy atom. The monoisotopic (exact) mass is 424 g/mol.